The summed E-state index contributed by atoms with van der Waals surface area (Å²) in [6, 6.07) is 28.4. The molecule has 0 saturated carbocycles. The highest BCUT2D eigenvalue weighted by atomic mass is 16.5. The number of amides is 2. The number of benzene rings is 4. The lowest BCUT2D eigenvalue weighted by molar-refractivity contribution is -0.120. The molecule has 4 aromatic carbocycles. The maximum atomic E-state index is 13.8. The fraction of sp³-hybridized carbons (Fsp3) is 0.103. The van der Waals surface area contributed by atoms with E-state index in [9.17, 15) is 9.59 Å². The van der Waals surface area contributed by atoms with Crippen LogP contribution in [0.1, 0.15) is 18.1 Å². The van der Waals surface area contributed by atoms with Crippen molar-refractivity contribution in [3.63, 3.8) is 0 Å². The van der Waals surface area contributed by atoms with Crippen LogP contribution < -0.4 is 15.0 Å². The highest BCUT2D eigenvalue weighted by Gasteiger charge is 2.40. The molecule has 0 bridgehead atoms. The second-order valence-corrected chi connectivity index (χ2v) is 8.10. The van der Waals surface area contributed by atoms with E-state index in [1.165, 1.54) is 10.5 Å². The first kappa shape index (κ1) is 21.5. The zero-order valence-electron chi connectivity index (χ0n) is 19.0. The number of imide groups is 1. The van der Waals surface area contributed by atoms with Gasteiger partial charge >= 0.3 is 0 Å². The summed E-state index contributed by atoms with van der Waals surface area (Å²) in [7, 11) is 1.59. The van der Waals surface area contributed by atoms with Gasteiger partial charge in [-0.15, -0.1) is 0 Å². The van der Waals surface area contributed by atoms with E-state index in [1.807, 2.05) is 66.7 Å². The van der Waals surface area contributed by atoms with Crippen LogP contribution in [-0.4, -0.2) is 18.9 Å². The third kappa shape index (κ3) is 3.71. The fourth-order valence-corrected chi connectivity index (χ4v) is 4.26. The van der Waals surface area contributed by atoms with Crippen molar-refractivity contribution in [1.29, 1.82) is 0 Å². The Morgan fingerprint density at radius 1 is 0.794 bits per heavy atom. The number of nitrogens with one attached hydrogen (secondary N) is 1. The molecule has 1 aliphatic rings. The predicted octanol–water partition coefficient (Wildman–Crippen LogP) is 5.81. The van der Waals surface area contributed by atoms with E-state index in [0.717, 1.165) is 22.9 Å². The standard InChI is InChI=1S/C29H24N2O3/c1-3-19-11-15-22(16-12-19)30-27-26(21-13-17-23(34-2)18-14-21)28(32)31(29(27)33)25-10-6-8-20-7-4-5-9-24(20)25/h4-18,30H,3H2,1-2H3. The van der Waals surface area contributed by atoms with Gasteiger partial charge in [0, 0.05) is 11.1 Å². The van der Waals surface area contributed by atoms with Crippen LogP contribution in [0.2, 0.25) is 0 Å². The summed E-state index contributed by atoms with van der Waals surface area (Å²) < 4.78 is 5.27. The number of hydrogen-bond acceptors (Lipinski definition) is 4. The molecule has 0 atom stereocenters. The van der Waals surface area contributed by atoms with Crippen molar-refractivity contribution in [3.05, 3.63) is 108 Å². The second-order valence-electron chi connectivity index (χ2n) is 8.10. The number of fused-ring (bicyclic) bond motifs is 1. The molecule has 0 spiro atoms. The van der Waals surface area contributed by atoms with Crippen molar-refractivity contribution < 1.29 is 14.3 Å². The minimum absolute atomic E-state index is 0.257. The number of aryl methyl sites for hydroxylation is 1. The van der Waals surface area contributed by atoms with Crippen molar-refractivity contribution in [2.45, 2.75) is 13.3 Å². The Bertz CT molecular complexity index is 1410. The summed E-state index contributed by atoms with van der Waals surface area (Å²) in [5.41, 5.74) is 3.75. The van der Waals surface area contributed by atoms with Gasteiger partial charge < -0.3 is 10.1 Å². The molecule has 0 radical (unpaired) electrons. The van der Waals surface area contributed by atoms with Gasteiger partial charge in [-0.05, 0) is 53.3 Å². The minimum atomic E-state index is -0.383. The molecule has 168 valence electrons. The summed E-state index contributed by atoms with van der Waals surface area (Å²) in [4.78, 5) is 28.8. The molecule has 5 heteroatoms. The maximum Gasteiger partial charge on any atom is 0.282 e. The Morgan fingerprint density at radius 2 is 1.50 bits per heavy atom. The first-order chi connectivity index (χ1) is 16.6. The van der Waals surface area contributed by atoms with Gasteiger partial charge in [-0.3, -0.25) is 9.59 Å². The molecule has 0 fully saturated rings. The highest BCUT2D eigenvalue weighted by Crippen LogP contribution is 2.37. The lowest BCUT2D eigenvalue weighted by Gasteiger charge is -2.18. The molecule has 5 rings (SSSR count). The summed E-state index contributed by atoms with van der Waals surface area (Å²) in [6.07, 6.45) is 0.923. The minimum Gasteiger partial charge on any atom is -0.497 e. The normalized spacial score (nSPS) is 13.6. The van der Waals surface area contributed by atoms with Crippen molar-refractivity contribution in [2.24, 2.45) is 0 Å². The lowest BCUT2D eigenvalue weighted by Crippen LogP contribution is -2.32. The summed E-state index contributed by atoms with van der Waals surface area (Å²) in [5, 5.41) is 5.04. The van der Waals surface area contributed by atoms with Crippen molar-refractivity contribution in [3.8, 4) is 5.75 Å². The number of rotatable bonds is 6. The van der Waals surface area contributed by atoms with Crippen LogP contribution in [-0.2, 0) is 16.0 Å². The third-order valence-corrected chi connectivity index (χ3v) is 6.10. The first-order valence-corrected chi connectivity index (χ1v) is 11.2. The zero-order chi connectivity index (χ0) is 23.7. The second kappa shape index (κ2) is 8.87. The molecule has 0 unspecified atom stereocenters. The number of ether oxygens (including phenoxy) is 1. The van der Waals surface area contributed by atoms with E-state index in [1.54, 1.807) is 31.4 Å². The summed E-state index contributed by atoms with van der Waals surface area (Å²) in [5.74, 6) is -0.0670. The van der Waals surface area contributed by atoms with E-state index in [4.69, 9.17) is 4.74 Å². The Kier molecular flexibility index (Phi) is 5.60. The average Bonchev–Trinajstić information content (AvgIpc) is 3.13. The number of nitrogens with zero attached hydrogens (tertiary/aromatic N) is 1. The van der Waals surface area contributed by atoms with Crippen LogP contribution in [0.15, 0.2) is 96.7 Å². The molecule has 0 aliphatic carbocycles. The molecule has 2 amide bonds. The Hall–Kier alpha value is -4.38. The topological polar surface area (TPSA) is 58.6 Å². The molecule has 1 aliphatic heterocycles. The van der Waals surface area contributed by atoms with Gasteiger partial charge in [-0.25, -0.2) is 4.90 Å². The van der Waals surface area contributed by atoms with E-state index in [0.29, 0.717) is 22.6 Å². The van der Waals surface area contributed by atoms with Crippen molar-refractivity contribution >= 4 is 39.5 Å². The summed E-state index contributed by atoms with van der Waals surface area (Å²) in [6.45, 7) is 2.09. The van der Waals surface area contributed by atoms with E-state index in [2.05, 4.69) is 12.2 Å². The highest BCUT2D eigenvalue weighted by molar-refractivity contribution is 6.47. The molecule has 0 saturated heterocycles. The van der Waals surface area contributed by atoms with Crippen LogP contribution >= 0.6 is 0 Å². The van der Waals surface area contributed by atoms with Crippen LogP contribution in [0.5, 0.6) is 5.75 Å². The predicted molar refractivity (Wildman–Crippen MR) is 136 cm³/mol. The maximum absolute atomic E-state index is 13.8. The Labute approximate surface area is 198 Å². The molecule has 34 heavy (non-hydrogen) atoms. The zero-order valence-corrected chi connectivity index (χ0v) is 19.0. The van der Waals surface area contributed by atoms with E-state index < -0.39 is 0 Å². The number of hydrogen-bond donors (Lipinski definition) is 1. The molecular formula is C29H24N2O3. The molecule has 1 heterocycles. The molecule has 1 N–H and O–H groups in total. The lowest BCUT2D eigenvalue weighted by atomic mass is 10.0. The molecule has 0 aromatic heterocycles. The van der Waals surface area contributed by atoms with Crippen molar-refractivity contribution in [1.82, 2.24) is 0 Å². The number of methoxy groups -OCH3 is 1. The van der Waals surface area contributed by atoms with E-state index in [-0.39, 0.29) is 17.5 Å². The van der Waals surface area contributed by atoms with Gasteiger partial charge in [0.2, 0.25) is 0 Å². The molecular weight excluding hydrogens is 424 g/mol. The molecule has 5 nitrogen and oxygen atoms in total. The quantitative estimate of drug-likeness (QED) is 0.378. The van der Waals surface area contributed by atoms with Crippen LogP contribution in [0, 0.1) is 0 Å². The molecule has 4 aromatic rings. The van der Waals surface area contributed by atoms with Gasteiger partial charge in [0.25, 0.3) is 11.8 Å². The van der Waals surface area contributed by atoms with Crippen LogP contribution in [0.3, 0.4) is 0 Å². The van der Waals surface area contributed by atoms with Gasteiger partial charge in [0.15, 0.2) is 0 Å². The Balaban J connectivity index is 1.63. The third-order valence-electron chi connectivity index (χ3n) is 6.10. The van der Waals surface area contributed by atoms with Crippen LogP contribution in [0.25, 0.3) is 16.3 Å². The van der Waals surface area contributed by atoms with Gasteiger partial charge in [0.05, 0.1) is 18.4 Å². The Morgan fingerprint density at radius 3 is 2.21 bits per heavy atom. The number of carbonyl (C=O) groups is 2. The van der Waals surface area contributed by atoms with E-state index >= 15 is 0 Å². The summed E-state index contributed by atoms with van der Waals surface area (Å²) >= 11 is 0. The fourth-order valence-electron chi connectivity index (χ4n) is 4.26. The smallest absolute Gasteiger partial charge is 0.282 e. The first-order valence-electron chi connectivity index (χ1n) is 11.2. The van der Waals surface area contributed by atoms with Gasteiger partial charge in [0.1, 0.15) is 11.4 Å². The SMILES string of the molecule is CCc1ccc(NC2=C(c3ccc(OC)cc3)C(=O)N(c3cccc4ccccc34)C2=O)cc1. The van der Waals surface area contributed by atoms with Gasteiger partial charge in [-0.1, -0.05) is 67.6 Å². The van der Waals surface area contributed by atoms with Gasteiger partial charge in [-0.2, -0.15) is 0 Å². The number of anilines is 2. The van der Waals surface area contributed by atoms with Crippen molar-refractivity contribution in [2.75, 3.05) is 17.3 Å². The largest absolute Gasteiger partial charge is 0.497 e. The number of carbonyl (C=O) groups excluding carboxylic acids is 2. The van der Waals surface area contributed by atoms with Crippen LogP contribution in [0.4, 0.5) is 11.4 Å². The average molecular weight is 449 g/mol. The monoisotopic (exact) mass is 448 g/mol.